The van der Waals surface area contributed by atoms with E-state index in [-0.39, 0.29) is 23.6 Å². The zero-order valence-electron chi connectivity index (χ0n) is 21.6. The lowest BCUT2D eigenvalue weighted by Gasteiger charge is -2.35. The Morgan fingerprint density at radius 2 is 1.68 bits per heavy atom. The van der Waals surface area contributed by atoms with Crippen LogP contribution in [0.1, 0.15) is 85.3 Å². The fraction of sp³-hybridized carbons (Fsp3) is 0.654. The van der Waals surface area contributed by atoms with Crippen molar-refractivity contribution in [3.63, 3.8) is 0 Å². The lowest BCUT2D eigenvalue weighted by atomic mass is 10.0. The van der Waals surface area contributed by atoms with Crippen LogP contribution < -0.4 is 10.6 Å². The van der Waals surface area contributed by atoms with Crippen LogP contribution in [0.3, 0.4) is 0 Å². The minimum absolute atomic E-state index is 0.0168. The van der Waals surface area contributed by atoms with Gasteiger partial charge in [-0.2, -0.15) is 12.6 Å². The number of carbonyl (C=O) groups is 3. The topological polar surface area (TPSA) is 87.7 Å². The Bertz CT molecular complexity index is 767. The van der Waals surface area contributed by atoms with Crippen molar-refractivity contribution < 1.29 is 19.1 Å². The van der Waals surface area contributed by atoms with Crippen LogP contribution in [0.25, 0.3) is 0 Å². The van der Waals surface area contributed by atoms with Crippen LogP contribution in [-0.2, 0) is 14.3 Å². The molecule has 192 valence electrons. The third-order valence-electron chi connectivity index (χ3n) is 5.24. The van der Waals surface area contributed by atoms with Crippen LogP contribution in [-0.4, -0.2) is 52.8 Å². The molecular weight excluding hydrogens is 450 g/mol. The van der Waals surface area contributed by atoms with Crippen LogP contribution >= 0.6 is 12.6 Å². The third kappa shape index (κ3) is 10.4. The molecule has 0 radical (unpaired) electrons. The molecule has 1 aromatic rings. The molecule has 3 atom stereocenters. The van der Waals surface area contributed by atoms with Crippen LogP contribution in [0.5, 0.6) is 0 Å². The number of hydrogen-bond acceptors (Lipinski definition) is 5. The summed E-state index contributed by atoms with van der Waals surface area (Å²) in [5.74, 6) is -0.506. The molecule has 1 rings (SSSR count). The van der Waals surface area contributed by atoms with Gasteiger partial charge in [-0.15, -0.1) is 0 Å². The van der Waals surface area contributed by atoms with E-state index in [0.29, 0.717) is 6.54 Å². The molecular formula is C26H43N3O4S. The van der Waals surface area contributed by atoms with Gasteiger partial charge >= 0.3 is 6.09 Å². The van der Waals surface area contributed by atoms with Gasteiger partial charge in [0.05, 0.1) is 0 Å². The Morgan fingerprint density at radius 3 is 2.21 bits per heavy atom. The Balaban J connectivity index is 3.30. The summed E-state index contributed by atoms with van der Waals surface area (Å²) in [6, 6.07) is 7.54. The van der Waals surface area contributed by atoms with Gasteiger partial charge in [0.15, 0.2) is 0 Å². The summed E-state index contributed by atoms with van der Waals surface area (Å²) in [6.45, 7) is 11.8. The lowest BCUT2D eigenvalue weighted by molar-refractivity contribution is -0.142. The van der Waals surface area contributed by atoms with Gasteiger partial charge in [0.25, 0.3) is 0 Å². The Morgan fingerprint density at radius 1 is 1.03 bits per heavy atom. The van der Waals surface area contributed by atoms with Gasteiger partial charge in [-0.3, -0.25) is 9.59 Å². The minimum atomic E-state index is -0.924. The van der Waals surface area contributed by atoms with E-state index in [1.54, 1.807) is 25.7 Å². The summed E-state index contributed by atoms with van der Waals surface area (Å²) in [5, 5.41) is 5.71. The first-order chi connectivity index (χ1) is 16.0. The fourth-order valence-electron chi connectivity index (χ4n) is 3.67. The average molecular weight is 494 g/mol. The monoisotopic (exact) mass is 493 g/mol. The predicted octanol–water partition coefficient (Wildman–Crippen LogP) is 4.87. The smallest absolute Gasteiger partial charge is 0.408 e. The molecule has 3 unspecified atom stereocenters. The molecule has 3 amide bonds. The van der Waals surface area contributed by atoms with Gasteiger partial charge in [0, 0.05) is 18.3 Å². The van der Waals surface area contributed by atoms with Gasteiger partial charge in [0.1, 0.15) is 17.7 Å². The quantitative estimate of drug-likeness (QED) is 0.270. The van der Waals surface area contributed by atoms with E-state index in [9.17, 15) is 14.4 Å². The van der Waals surface area contributed by atoms with Gasteiger partial charge in [-0.25, -0.2) is 4.79 Å². The molecule has 1 aromatic carbocycles. The van der Waals surface area contributed by atoms with E-state index in [1.165, 1.54) is 0 Å². The third-order valence-corrected chi connectivity index (χ3v) is 5.61. The van der Waals surface area contributed by atoms with Crippen molar-refractivity contribution in [1.82, 2.24) is 15.5 Å². The molecule has 0 saturated heterocycles. The number of ether oxygens (including phenoxy) is 1. The van der Waals surface area contributed by atoms with E-state index in [1.807, 2.05) is 37.3 Å². The lowest BCUT2D eigenvalue weighted by Crippen LogP contribution is -2.54. The number of benzene rings is 1. The number of carbonyl (C=O) groups excluding carboxylic acids is 3. The summed E-state index contributed by atoms with van der Waals surface area (Å²) in [7, 11) is 0. The fourth-order valence-corrected chi connectivity index (χ4v) is 3.92. The van der Waals surface area contributed by atoms with Gasteiger partial charge in [-0.05, 0) is 46.1 Å². The largest absolute Gasteiger partial charge is 0.444 e. The summed E-state index contributed by atoms with van der Waals surface area (Å²) >= 11 is 4.32. The Kier molecular flexibility index (Phi) is 13.1. The van der Waals surface area contributed by atoms with Crippen LogP contribution in [0.15, 0.2) is 30.3 Å². The molecule has 0 aliphatic rings. The summed E-state index contributed by atoms with van der Waals surface area (Å²) in [6.07, 6.45) is 3.74. The highest BCUT2D eigenvalue weighted by atomic mass is 32.1. The molecule has 0 heterocycles. The highest BCUT2D eigenvalue weighted by Gasteiger charge is 2.35. The minimum Gasteiger partial charge on any atom is -0.444 e. The molecule has 0 fully saturated rings. The molecule has 0 saturated carbocycles. The molecule has 8 heteroatoms. The number of rotatable bonds is 13. The second kappa shape index (κ2) is 14.9. The van der Waals surface area contributed by atoms with Crippen molar-refractivity contribution in [2.45, 2.75) is 97.4 Å². The maximum Gasteiger partial charge on any atom is 0.408 e. The predicted molar refractivity (Wildman–Crippen MR) is 140 cm³/mol. The number of nitrogens with zero attached hydrogens (tertiary/aromatic N) is 1. The summed E-state index contributed by atoms with van der Waals surface area (Å²) < 4.78 is 5.34. The standard InChI is InChI=1S/C26H43N3O4S/c1-7-9-13-17-29(24(31)21(18-34)28-25(32)33-26(4,5)6)22(20-15-11-10-12-16-20)23(30)27-19(3)14-8-2/h10-12,15-16,19,21-22,34H,7-9,13-14,17-18H2,1-6H3,(H,27,30)(H,28,32). The molecule has 34 heavy (non-hydrogen) atoms. The highest BCUT2D eigenvalue weighted by molar-refractivity contribution is 7.80. The van der Waals surface area contributed by atoms with Crippen molar-refractivity contribution in [3.05, 3.63) is 35.9 Å². The average Bonchev–Trinajstić information content (AvgIpc) is 2.76. The summed E-state index contributed by atoms with van der Waals surface area (Å²) in [4.78, 5) is 41.2. The first-order valence-electron chi connectivity index (χ1n) is 12.3. The normalized spacial score (nSPS) is 14.0. The van der Waals surface area contributed by atoms with Crippen molar-refractivity contribution in [3.8, 4) is 0 Å². The number of alkyl carbamates (subject to hydrolysis) is 1. The summed E-state index contributed by atoms with van der Waals surface area (Å²) in [5.41, 5.74) is 0.0282. The SMILES string of the molecule is CCCCCN(C(=O)C(CS)NC(=O)OC(C)(C)C)C(C(=O)NC(C)CCC)c1ccccc1. The number of amides is 3. The first kappa shape index (κ1) is 29.8. The molecule has 7 nitrogen and oxygen atoms in total. The van der Waals surface area contributed by atoms with Crippen molar-refractivity contribution in [2.75, 3.05) is 12.3 Å². The van der Waals surface area contributed by atoms with Crippen molar-refractivity contribution >= 4 is 30.5 Å². The van der Waals surface area contributed by atoms with Gasteiger partial charge in [-0.1, -0.05) is 63.4 Å². The first-order valence-corrected chi connectivity index (χ1v) is 12.9. The zero-order valence-corrected chi connectivity index (χ0v) is 22.5. The zero-order chi connectivity index (χ0) is 25.7. The van der Waals surface area contributed by atoms with Crippen LogP contribution in [0.4, 0.5) is 4.79 Å². The Labute approximate surface area is 210 Å². The number of unbranched alkanes of at least 4 members (excludes halogenated alkanes) is 2. The van der Waals surface area contributed by atoms with E-state index in [4.69, 9.17) is 4.74 Å². The second-order valence-corrected chi connectivity index (χ2v) is 10.00. The van der Waals surface area contributed by atoms with Crippen LogP contribution in [0, 0.1) is 0 Å². The maximum absolute atomic E-state index is 13.7. The van der Waals surface area contributed by atoms with Gasteiger partial charge in [0.2, 0.25) is 11.8 Å². The van der Waals surface area contributed by atoms with E-state index in [0.717, 1.165) is 37.7 Å². The van der Waals surface area contributed by atoms with Crippen LogP contribution in [0.2, 0.25) is 0 Å². The van der Waals surface area contributed by atoms with E-state index in [2.05, 4.69) is 37.1 Å². The molecule has 0 bridgehead atoms. The highest BCUT2D eigenvalue weighted by Crippen LogP contribution is 2.24. The van der Waals surface area contributed by atoms with Crippen molar-refractivity contribution in [2.24, 2.45) is 0 Å². The van der Waals surface area contributed by atoms with E-state index >= 15 is 0 Å². The molecule has 0 aliphatic carbocycles. The number of nitrogens with one attached hydrogen (secondary N) is 2. The molecule has 0 aliphatic heterocycles. The number of hydrogen-bond donors (Lipinski definition) is 3. The molecule has 0 spiro atoms. The Hall–Kier alpha value is -2.22. The molecule has 2 N–H and O–H groups in total. The van der Waals surface area contributed by atoms with Crippen molar-refractivity contribution in [1.29, 1.82) is 0 Å². The number of thiol groups is 1. The molecule has 0 aromatic heterocycles. The second-order valence-electron chi connectivity index (χ2n) is 9.63. The van der Waals surface area contributed by atoms with Gasteiger partial charge < -0.3 is 20.3 Å². The maximum atomic E-state index is 13.7. The van der Waals surface area contributed by atoms with E-state index < -0.39 is 23.8 Å².